The van der Waals surface area contributed by atoms with E-state index in [0.29, 0.717) is 15.7 Å². The largest absolute Gasteiger partial charge is 0.377 e. The van der Waals surface area contributed by atoms with Gasteiger partial charge in [0.2, 0.25) is 5.91 Å². The summed E-state index contributed by atoms with van der Waals surface area (Å²) in [5.41, 5.74) is 0.466. The van der Waals surface area contributed by atoms with Crippen LogP contribution in [-0.2, 0) is 9.53 Å². The highest BCUT2D eigenvalue weighted by atomic mass is 35.5. The van der Waals surface area contributed by atoms with Crippen LogP contribution in [0, 0.1) is 0 Å². The normalized spacial score (nSPS) is 18.8. The molecule has 0 saturated carbocycles. The highest BCUT2D eigenvalue weighted by molar-refractivity contribution is 6.39. The minimum Gasteiger partial charge on any atom is -0.377 e. The highest BCUT2D eigenvalue weighted by Crippen LogP contribution is 2.29. The quantitative estimate of drug-likeness (QED) is 0.899. The average Bonchev–Trinajstić information content (AvgIpc) is 2.44. The van der Waals surface area contributed by atoms with Gasteiger partial charge in [-0.1, -0.05) is 29.3 Å². The molecule has 6 heteroatoms. The maximum Gasteiger partial charge on any atom is 0.238 e. The number of amides is 1. The van der Waals surface area contributed by atoms with Crippen molar-refractivity contribution in [3.05, 3.63) is 28.2 Å². The summed E-state index contributed by atoms with van der Waals surface area (Å²) in [6.07, 6.45) is 3.61. The Morgan fingerprint density at radius 2 is 2.10 bits per heavy atom. The Kier molecular flexibility index (Phi) is 6.30. The summed E-state index contributed by atoms with van der Waals surface area (Å²) in [5, 5.41) is 3.64. The zero-order valence-corrected chi connectivity index (χ0v) is 13.6. The fourth-order valence-corrected chi connectivity index (χ4v) is 2.90. The molecule has 1 amide bonds. The van der Waals surface area contributed by atoms with E-state index in [4.69, 9.17) is 27.9 Å². The van der Waals surface area contributed by atoms with Gasteiger partial charge < -0.3 is 10.1 Å². The van der Waals surface area contributed by atoms with Crippen molar-refractivity contribution in [2.75, 3.05) is 32.1 Å². The highest BCUT2D eigenvalue weighted by Gasteiger charge is 2.18. The fourth-order valence-electron chi connectivity index (χ4n) is 2.40. The maximum atomic E-state index is 12.1. The van der Waals surface area contributed by atoms with E-state index in [-0.39, 0.29) is 18.6 Å². The van der Waals surface area contributed by atoms with Crippen LogP contribution in [0.25, 0.3) is 0 Å². The predicted octanol–water partition coefficient (Wildman–Crippen LogP) is 3.43. The molecule has 116 valence electrons. The average molecular weight is 331 g/mol. The zero-order chi connectivity index (χ0) is 15.2. The number of anilines is 1. The summed E-state index contributed by atoms with van der Waals surface area (Å²) >= 11 is 12.1. The third-order valence-corrected chi connectivity index (χ3v) is 4.06. The first-order chi connectivity index (χ1) is 10.1. The van der Waals surface area contributed by atoms with Gasteiger partial charge in [0, 0.05) is 13.2 Å². The summed E-state index contributed by atoms with van der Waals surface area (Å²) in [6, 6.07) is 5.14. The maximum absolute atomic E-state index is 12.1. The smallest absolute Gasteiger partial charge is 0.238 e. The van der Waals surface area contributed by atoms with E-state index < -0.39 is 0 Å². The second-order valence-electron chi connectivity index (χ2n) is 5.33. The molecular weight excluding hydrogens is 311 g/mol. The van der Waals surface area contributed by atoms with Crippen LogP contribution in [0.5, 0.6) is 0 Å². The second kappa shape index (κ2) is 7.99. The Labute approximate surface area is 135 Å². The molecule has 0 aliphatic carbocycles. The Balaban J connectivity index is 1.83. The van der Waals surface area contributed by atoms with E-state index in [1.54, 1.807) is 18.2 Å². The summed E-state index contributed by atoms with van der Waals surface area (Å²) in [5.74, 6) is -0.136. The topological polar surface area (TPSA) is 41.6 Å². The predicted molar refractivity (Wildman–Crippen MR) is 86.2 cm³/mol. The molecule has 21 heavy (non-hydrogen) atoms. The SMILES string of the molecule is CN(CC(=O)Nc1c(Cl)cccc1Cl)C[C@@H]1CCCCO1. The van der Waals surface area contributed by atoms with E-state index >= 15 is 0 Å². The van der Waals surface area contributed by atoms with Gasteiger partial charge in [0.05, 0.1) is 28.4 Å². The number of likely N-dealkylation sites (N-methyl/N-ethyl adjacent to an activating group) is 1. The molecular formula is C15H20Cl2N2O2. The zero-order valence-electron chi connectivity index (χ0n) is 12.1. The number of benzene rings is 1. The van der Waals surface area contributed by atoms with Gasteiger partial charge in [-0.05, 0) is 38.4 Å². The van der Waals surface area contributed by atoms with Crippen molar-refractivity contribution in [3.8, 4) is 0 Å². The van der Waals surface area contributed by atoms with Gasteiger partial charge in [-0.25, -0.2) is 0 Å². The lowest BCUT2D eigenvalue weighted by atomic mass is 10.1. The third-order valence-electron chi connectivity index (χ3n) is 3.43. The van der Waals surface area contributed by atoms with Gasteiger partial charge in [0.15, 0.2) is 0 Å². The Hall–Kier alpha value is -0.810. The van der Waals surface area contributed by atoms with E-state index in [9.17, 15) is 4.79 Å². The van der Waals surface area contributed by atoms with Crippen LogP contribution in [-0.4, -0.2) is 43.7 Å². The Morgan fingerprint density at radius 3 is 2.71 bits per heavy atom. The minimum atomic E-state index is -0.136. The van der Waals surface area contributed by atoms with Gasteiger partial charge in [-0.15, -0.1) is 0 Å². The number of nitrogens with zero attached hydrogens (tertiary/aromatic N) is 1. The number of rotatable bonds is 5. The second-order valence-corrected chi connectivity index (χ2v) is 6.14. The molecule has 1 aromatic rings. The molecule has 0 unspecified atom stereocenters. The summed E-state index contributed by atoms with van der Waals surface area (Å²) < 4.78 is 5.67. The third kappa shape index (κ3) is 5.15. The van der Waals surface area contributed by atoms with Crippen LogP contribution < -0.4 is 5.32 Å². The molecule has 1 aliphatic heterocycles. The summed E-state index contributed by atoms with van der Waals surface area (Å²) in [4.78, 5) is 14.0. The molecule has 0 radical (unpaired) electrons. The number of carbonyl (C=O) groups excluding carboxylic acids is 1. The first kappa shape index (κ1) is 16.6. The van der Waals surface area contributed by atoms with Gasteiger partial charge in [-0.2, -0.15) is 0 Å². The standard InChI is InChI=1S/C15H20Cl2N2O2/c1-19(9-11-5-2-3-8-21-11)10-14(20)18-15-12(16)6-4-7-13(15)17/h4,6-7,11H,2-3,5,8-10H2,1H3,(H,18,20)/t11-/m0/s1. The lowest BCUT2D eigenvalue weighted by Crippen LogP contribution is -2.37. The van der Waals surface area contributed by atoms with Crippen LogP contribution in [0.1, 0.15) is 19.3 Å². The number of para-hydroxylation sites is 1. The molecule has 1 aromatic carbocycles. The number of halogens is 2. The Morgan fingerprint density at radius 1 is 1.38 bits per heavy atom. The Bertz CT molecular complexity index is 470. The van der Waals surface area contributed by atoms with Crippen molar-refractivity contribution in [3.63, 3.8) is 0 Å². The fraction of sp³-hybridized carbons (Fsp3) is 0.533. The van der Waals surface area contributed by atoms with Gasteiger partial charge in [0.1, 0.15) is 0 Å². The minimum absolute atomic E-state index is 0.136. The van der Waals surface area contributed by atoms with E-state index in [1.165, 1.54) is 6.42 Å². The first-order valence-electron chi connectivity index (χ1n) is 7.10. The van der Waals surface area contributed by atoms with Gasteiger partial charge >= 0.3 is 0 Å². The lowest BCUT2D eigenvalue weighted by Gasteiger charge is -2.27. The molecule has 0 aromatic heterocycles. The molecule has 1 saturated heterocycles. The van der Waals surface area contributed by atoms with Crippen LogP contribution in [0.15, 0.2) is 18.2 Å². The molecule has 2 rings (SSSR count). The molecule has 0 spiro atoms. The van der Waals surface area contributed by atoms with E-state index in [1.807, 2.05) is 11.9 Å². The molecule has 4 nitrogen and oxygen atoms in total. The van der Waals surface area contributed by atoms with Gasteiger partial charge in [0.25, 0.3) is 0 Å². The van der Waals surface area contributed by atoms with E-state index in [2.05, 4.69) is 5.32 Å². The molecule has 1 atom stereocenters. The number of hydrogen-bond donors (Lipinski definition) is 1. The first-order valence-corrected chi connectivity index (χ1v) is 7.86. The van der Waals surface area contributed by atoms with Crippen LogP contribution in [0.3, 0.4) is 0 Å². The number of nitrogens with one attached hydrogen (secondary N) is 1. The number of ether oxygens (including phenoxy) is 1. The van der Waals surface area contributed by atoms with Crippen molar-refractivity contribution >= 4 is 34.8 Å². The van der Waals surface area contributed by atoms with Crippen LogP contribution in [0.2, 0.25) is 10.0 Å². The molecule has 1 fully saturated rings. The molecule has 1 N–H and O–H groups in total. The van der Waals surface area contributed by atoms with Crippen LogP contribution >= 0.6 is 23.2 Å². The summed E-state index contributed by atoms with van der Waals surface area (Å²) in [6.45, 7) is 1.85. The van der Waals surface area contributed by atoms with Crippen molar-refractivity contribution in [1.29, 1.82) is 0 Å². The lowest BCUT2D eigenvalue weighted by molar-refractivity contribution is -0.117. The number of carbonyl (C=O) groups is 1. The monoisotopic (exact) mass is 330 g/mol. The molecule has 1 heterocycles. The van der Waals surface area contributed by atoms with Crippen LogP contribution in [0.4, 0.5) is 5.69 Å². The van der Waals surface area contributed by atoms with Crippen molar-refractivity contribution in [1.82, 2.24) is 4.90 Å². The number of hydrogen-bond acceptors (Lipinski definition) is 3. The van der Waals surface area contributed by atoms with Crippen molar-refractivity contribution in [2.45, 2.75) is 25.4 Å². The van der Waals surface area contributed by atoms with Crippen molar-refractivity contribution in [2.24, 2.45) is 0 Å². The summed E-state index contributed by atoms with van der Waals surface area (Å²) in [7, 11) is 1.91. The van der Waals surface area contributed by atoms with E-state index in [0.717, 1.165) is 26.0 Å². The molecule has 1 aliphatic rings. The van der Waals surface area contributed by atoms with Gasteiger partial charge in [-0.3, -0.25) is 9.69 Å². The molecule has 0 bridgehead atoms. The van der Waals surface area contributed by atoms with Crippen molar-refractivity contribution < 1.29 is 9.53 Å².